The second kappa shape index (κ2) is 6.56. The van der Waals surface area contributed by atoms with Crippen molar-refractivity contribution in [1.29, 1.82) is 0 Å². The molecule has 0 saturated heterocycles. The summed E-state index contributed by atoms with van der Waals surface area (Å²) in [7, 11) is 0. The van der Waals surface area contributed by atoms with E-state index in [1.807, 2.05) is 30.3 Å². The number of hydrogen-bond acceptors (Lipinski definition) is 3. The van der Waals surface area contributed by atoms with E-state index in [1.165, 1.54) is 0 Å². The van der Waals surface area contributed by atoms with Crippen molar-refractivity contribution in [2.24, 2.45) is 5.10 Å². The second-order valence-corrected chi connectivity index (χ2v) is 4.44. The normalized spacial score (nSPS) is 10.4. The lowest BCUT2D eigenvalue weighted by Gasteiger charge is -1.98. The van der Waals surface area contributed by atoms with Gasteiger partial charge in [-0.1, -0.05) is 61.2 Å². The molecule has 0 bridgehead atoms. The van der Waals surface area contributed by atoms with Crippen molar-refractivity contribution in [3.8, 4) is 0 Å². The monoisotopic (exact) mass is 224 g/mol. The second-order valence-electron chi connectivity index (χ2n) is 2.50. The fourth-order valence-electron chi connectivity index (χ4n) is 0.862. The molecule has 0 spiro atoms. The number of hydrogen-bond donors (Lipinski definition) is 1. The molecule has 1 rings (SSSR count). The number of hydrazone groups is 1. The number of rotatable bonds is 3. The number of nitrogens with zero attached hydrogens (tertiary/aromatic N) is 1. The van der Waals surface area contributed by atoms with Crippen LogP contribution >= 0.6 is 24.0 Å². The molecule has 1 N–H and O–H groups in total. The van der Waals surface area contributed by atoms with E-state index in [-0.39, 0.29) is 0 Å². The fourth-order valence-corrected chi connectivity index (χ4v) is 1.65. The van der Waals surface area contributed by atoms with E-state index in [9.17, 15) is 0 Å². The van der Waals surface area contributed by atoms with Crippen LogP contribution in [0.2, 0.25) is 0 Å². The first kappa shape index (κ1) is 11.2. The van der Waals surface area contributed by atoms with Crippen molar-refractivity contribution in [3.05, 3.63) is 35.9 Å². The summed E-state index contributed by atoms with van der Waals surface area (Å²) in [6.45, 7) is 2.06. The molecule has 14 heavy (non-hydrogen) atoms. The average molecular weight is 224 g/mol. The molecule has 0 aliphatic heterocycles. The van der Waals surface area contributed by atoms with Crippen LogP contribution in [0.4, 0.5) is 0 Å². The Morgan fingerprint density at radius 3 is 2.86 bits per heavy atom. The Bertz CT molecular complexity index is 309. The number of benzene rings is 1. The average Bonchev–Trinajstić information content (AvgIpc) is 2.20. The molecule has 0 aromatic heterocycles. The van der Waals surface area contributed by atoms with Crippen LogP contribution in [0.5, 0.6) is 0 Å². The maximum atomic E-state index is 5.01. The Balaban J connectivity index is 2.38. The van der Waals surface area contributed by atoms with Crippen molar-refractivity contribution >= 4 is 34.5 Å². The predicted molar refractivity (Wildman–Crippen MR) is 67.9 cm³/mol. The molecule has 0 aliphatic carbocycles. The Hall–Kier alpha value is -0.870. The highest BCUT2D eigenvalue weighted by atomic mass is 32.2. The van der Waals surface area contributed by atoms with Gasteiger partial charge in [-0.3, -0.25) is 5.43 Å². The summed E-state index contributed by atoms with van der Waals surface area (Å²) >= 11 is 6.58. The first-order valence-electron chi connectivity index (χ1n) is 4.34. The lowest BCUT2D eigenvalue weighted by molar-refractivity contribution is 1.07. The van der Waals surface area contributed by atoms with E-state index in [2.05, 4.69) is 17.5 Å². The number of thioether (sulfide) groups is 1. The summed E-state index contributed by atoms with van der Waals surface area (Å²) in [6, 6.07) is 9.89. The van der Waals surface area contributed by atoms with Gasteiger partial charge >= 0.3 is 0 Å². The molecule has 0 atom stereocenters. The minimum absolute atomic E-state index is 0.708. The molecule has 0 heterocycles. The predicted octanol–water partition coefficient (Wildman–Crippen LogP) is 2.65. The lowest BCUT2D eigenvalue weighted by Crippen LogP contribution is -2.11. The summed E-state index contributed by atoms with van der Waals surface area (Å²) in [6.07, 6.45) is 1.75. The van der Waals surface area contributed by atoms with Crippen LogP contribution in [0.1, 0.15) is 12.5 Å². The molecule has 1 aromatic carbocycles. The van der Waals surface area contributed by atoms with Crippen LogP contribution in [-0.2, 0) is 0 Å². The molecule has 0 saturated carbocycles. The molecule has 4 heteroatoms. The van der Waals surface area contributed by atoms with Crippen LogP contribution in [0.25, 0.3) is 0 Å². The van der Waals surface area contributed by atoms with Gasteiger partial charge in [0.1, 0.15) is 0 Å². The van der Waals surface area contributed by atoms with Crippen molar-refractivity contribution < 1.29 is 0 Å². The van der Waals surface area contributed by atoms with E-state index in [0.29, 0.717) is 4.32 Å². The first-order chi connectivity index (χ1) is 6.83. The molecular weight excluding hydrogens is 212 g/mol. The van der Waals surface area contributed by atoms with Crippen molar-refractivity contribution in [3.63, 3.8) is 0 Å². The highest BCUT2D eigenvalue weighted by Crippen LogP contribution is 1.99. The summed E-state index contributed by atoms with van der Waals surface area (Å²) < 4.78 is 0.708. The van der Waals surface area contributed by atoms with Crippen molar-refractivity contribution in [1.82, 2.24) is 5.43 Å². The molecular formula is C10H12N2S2. The Labute approximate surface area is 93.8 Å². The number of nitrogens with one attached hydrogen (secondary N) is 1. The minimum atomic E-state index is 0.708. The zero-order valence-electron chi connectivity index (χ0n) is 7.93. The molecule has 0 radical (unpaired) electrons. The first-order valence-corrected chi connectivity index (χ1v) is 5.73. The van der Waals surface area contributed by atoms with Crippen LogP contribution in [0.3, 0.4) is 0 Å². The van der Waals surface area contributed by atoms with Gasteiger partial charge in [0.25, 0.3) is 0 Å². The molecule has 0 unspecified atom stereocenters. The van der Waals surface area contributed by atoms with E-state index >= 15 is 0 Å². The summed E-state index contributed by atoms with van der Waals surface area (Å²) in [5.74, 6) is 0.965. The van der Waals surface area contributed by atoms with Crippen LogP contribution in [-0.4, -0.2) is 16.3 Å². The lowest BCUT2D eigenvalue weighted by atomic mass is 10.2. The Morgan fingerprint density at radius 1 is 1.50 bits per heavy atom. The van der Waals surface area contributed by atoms with Gasteiger partial charge in [0.2, 0.25) is 0 Å². The van der Waals surface area contributed by atoms with Crippen LogP contribution in [0, 0.1) is 0 Å². The van der Waals surface area contributed by atoms with E-state index in [1.54, 1.807) is 18.0 Å². The van der Waals surface area contributed by atoms with Gasteiger partial charge in [0.15, 0.2) is 4.32 Å². The Kier molecular flexibility index (Phi) is 5.25. The summed E-state index contributed by atoms with van der Waals surface area (Å²) in [4.78, 5) is 0. The third kappa shape index (κ3) is 4.39. The zero-order valence-corrected chi connectivity index (χ0v) is 9.57. The third-order valence-corrected chi connectivity index (χ3v) is 2.53. The topological polar surface area (TPSA) is 24.4 Å². The number of thiocarbonyl (C=S) groups is 1. The summed E-state index contributed by atoms with van der Waals surface area (Å²) in [5, 5.41) is 4.02. The highest BCUT2D eigenvalue weighted by molar-refractivity contribution is 8.22. The quantitative estimate of drug-likeness (QED) is 0.485. The third-order valence-electron chi connectivity index (χ3n) is 1.44. The molecule has 0 amide bonds. The van der Waals surface area contributed by atoms with Crippen molar-refractivity contribution in [2.45, 2.75) is 6.92 Å². The molecule has 2 nitrogen and oxygen atoms in total. The van der Waals surface area contributed by atoms with Gasteiger partial charge in [-0.2, -0.15) is 5.10 Å². The minimum Gasteiger partial charge on any atom is -0.262 e. The van der Waals surface area contributed by atoms with Gasteiger partial charge in [-0.05, 0) is 11.3 Å². The van der Waals surface area contributed by atoms with Crippen LogP contribution < -0.4 is 5.43 Å². The van der Waals surface area contributed by atoms with Gasteiger partial charge in [0.05, 0.1) is 6.21 Å². The Morgan fingerprint density at radius 2 is 2.21 bits per heavy atom. The maximum Gasteiger partial charge on any atom is 0.154 e. The van der Waals surface area contributed by atoms with Crippen LogP contribution in [0.15, 0.2) is 35.4 Å². The maximum absolute atomic E-state index is 5.01. The van der Waals surface area contributed by atoms with Gasteiger partial charge in [0, 0.05) is 0 Å². The van der Waals surface area contributed by atoms with Gasteiger partial charge < -0.3 is 0 Å². The molecule has 0 aliphatic rings. The van der Waals surface area contributed by atoms with E-state index in [0.717, 1.165) is 11.3 Å². The van der Waals surface area contributed by atoms with E-state index in [4.69, 9.17) is 12.2 Å². The fraction of sp³-hybridized carbons (Fsp3) is 0.200. The van der Waals surface area contributed by atoms with E-state index < -0.39 is 0 Å². The van der Waals surface area contributed by atoms with Gasteiger partial charge in [-0.25, -0.2) is 0 Å². The van der Waals surface area contributed by atoms with Gasteiger partial charge in [-0.15, -0.1) is 0 Å². The summed E-state index contributed by atoms with van der Waals surface area (Å²) in [5.41, 5.74) is 3.86. The smallest absolute Gasteiger partial charge is 0.154 e. The zero-order chi connectivity index (χ0) is 10.2. The SMILES string of the molecule is CCSC(=S)NN=Cc1ccccc1. The molecule has 1 aromatic rings. The molecule has 0 fully saturated rings. The largest absolute Gasteiger partial charge is 0.262 e. The van der Waals surface area contributed by atoms with Crippen molar-refractivity contribution in [2.75, 3.05) is 5.75 Å². The standard InChI is InChI=1S/C10H12N2S2/c1-2-14-10(13)12-11-8-9-6-4-3-5-7-9/h3-8H,2H2,1H3,(H,12,13). The molecule has 74 valence electrons. The highest BCUT2D eigenvalue weighted by Gasteiger charge is 1.90.